The second-order valence-electron chi connectivity index (χ2n) is 11.4. The third-order valence-electron chi connectivity index (χ3n) is 9.58. The fourth-order valence-corrected chi connectivity index (χ4v) is 8.28. The van der Waals surface area contributed by atoms with Crippen molar-refractivity contribution >= 4 is 11.6 Å². The van der Waals surface area contributed by atoms with Gasteiger partial charge in [0.25, 0.3) is 0 Å². The molecule has 3 unspecified atom stereocenters. The molecule has 3 saturated carbocycles. The van der Waals surface area contributed by atoms with Crippen molar-refractivity contribution in [1.82, 2.24) is 0 Å². The molecule has 0 radical (unpaired) electrons. The molecule has 1 aliphatic heterocycles. The minimum absolute atomic E-state index is 0.0832. The summed E-state index contributed by atoms with van der Waals surface area (Å²) in [6.07, 6.45) is -2.23. The Hall–Kier alpha value is -1.22. The summed E-state index contributed by atoms with van der Waals surface area (Å²) >= 11 is 0. The zero-order valence-corrected chi connectivity index (χ0v) is 19.0. The molecule has 0 aromatic carbocycles. The maximum atomic E-state index is 17.2. The normalized spacial score (nSPS) is 53.7. The lowest BCUT2D eigenvalue weighted by Gasteiger charge is -2.64. The third-order valence-corrected chi connectivity index (χ3v) is 9.58. The van der Waals surface area contributed by atoms with Gasteiger partial charge in [-0.3, -0.25) is 9.59 Å². The molecule has 0 bridgehead atoms. The predicted molar refractivity (Wildman–Crippen MR) is 109 cm³/mol. The SMILES string of the molecule is CC1(C)O[C@@H]2CC3C4C[C@H](F)C5=CC(=O)CC[C@]5(C)[C@@]4(F)C(O)C[C@]3(C)[C@]2(C(=O)CO)O1. The van der Waals surface area contributed by atoms with E-state index in [4.69, 9.17) is 9.47 Å². The first-order chi connectivity index (χ1) is 14.8. The number of aliphatic hydroxyl groups is 2. The van der Waals surface area contributed by atoms with Crippen LogP contribution in [0.15, 0.2) is 11.6 Å². The minimum Gasteiger partial charge on any atom is -0.390 e. The molecule has 8 heteroatoms. The molecular formula is C24H32F2O6. The van der Waals surface area contributed by atoms with Crippen molar-refractivity contribution in [2.75, 3.05) is 6.61 Å². The van der Waals surface area contributed by atoms with Crippen molar-refractivity contribution < 1.29 is 38.1 Å². The first-order valence-electron chi connectivity index (χ1n) is 11.5. The summed E-state index contributed by atoms with van der Waals surface area (Å²) < 4.78 is 44.9. The second kappa shape index (κ2) is 6.46. The largest absolute Gasteiger partial charge is 0.390 e. The molecule has 6 nitrogen and oxygen atoms in total. The molecule has 5 rings (SSSR count). The van der Waals surface area contributed by atoms with E-state index in [0.717, 1.165) is 0 Å². The number of halogens is 2. The molecule has 2 N–H and O–H groups in total. The number of rotatable bonds is 2. The number of hydrogen-bond acceptors (Lipinski definition) is 6. The van der Waals surface area contributed by atoms with Crippen LogP contribution in [0, 0.1) is 22.7 Å². The topological polar surface area (TPSA) is 93.1 Å². The molecule has 1 heterocycles. The fourth-order valence-electron chi connectivity index (χ4n) is 8.28. The summed E-state index contributed by atoms with van der Waals surface area (Å²) in [7, 11) is 0. The average molecular weight is 455 g/mol. The van der Waals surface area contributed by atoms with Crippen LogP contribution in [0.1, 0.15) is 59.8 Å². The number of fused-ring (bicyclic) bond motifs is 7. The fraction of sp³-hybridized carbons (Fsp3) is 0.833. The van der Waals surface area contributed by atoms with E-state index < -0.39 is 70.5 Å². The molecule has 0 aromatic rings. The first-order valence-corrected chi connectivity index (χ1v) is 11.5. The number of carbonyl (C=O) groups is 2. The van der Waals surface area contributed by atoms with E-state index in [0.29, 0.717) is 0 Å². The van der Waals surface area contributed by atoms with E-state index >= 15 is 8.78 Å². The van der Waals surface area contributed by atoms with Crippen LogP contribution in [0.5, 0.6) is 0 Å². The van der Waals surface area contributed by atoms with Gasteiger partial charge in [0.05, 0.1) is 12.2 Å². The lowest BCUT2D eigenvalue weighted by Crippen LogP contribution is -2.71. The van der Waals surface area contributed by atoms with Crippen molar-refractivity contribution in [2.24, 2.45) is 22.7 Å². The van der Waals surface area contributed by atoms with Gasteiger partial charge in [-0.1, -0.05) is 13.8 Å². The van der Waals surface area contributed by atoms with E-state index in [1.54, 1.807) is 27.7 Å². The van der Waals surface area contributed by atoms with E-state index in [1.165, 1.54) is 6.08 Å². The van der Waals surface area contributed by atoms with E-state index in [1.807, 2.05) is 0 Å². The number of carbonyl (C=O) groups excluding carboxylic acids is 2. The van der Waals surface area contributed by atoms with E-state index in [9.17, 15) is 19.8 Å². The predicted octanol–water partition coefficient (Wildman–Crippen LogP) is 2.59. The molecule has 0 spiro atoms. The van der Waals surface area contributed by atoms with E-state index in [-0.39, 0.29) is 43.5 Å². The number of alkyl halides is 2. The zero-order valence-electron chi connectivity index (χ0n) is 19.0. The molecule has 5 aliphatic rings. The van der Waals surface area contributed by atoms with Gasteiger partial charge in [0.2, 0.25) is 0 Å². The molecule has 178 valence electrons. The Labute approximate surface area is 186 Å². The minimum atomic E-state index is -2.15. The number of Topliss-reactive ketones (excluding diaryl/α,β-unsaturated/α-hetero) is 1. The Bertz CT molecular complexity index is 918. The van der Waals surface area contributed by atoms with Gasteiger partial charge in [-0.05, 0) is 57.1 Å². The highest BCUT2D eigenvalue weighted by Crippen LogP contribution is 2.73. The number of ketones is 2. The van der Waals surface area contributed by atoms with E-state index in [2.05, 4.69) is 0 Å². The zero-order chi connectivity index (χ0) is 23.5. The Balaban J connectivity index is 1.65. The third kappa shape index (κ3) is 2.37. The second-order valence-corrected chi connectivity index (χ2v) is 11.4. The van der Waals surface area contributed by atoms with Gasteiger partial charge in [-0.25, -0.2) is 8.78 Å². The Morgan fingerprint density at radius 2 is 1.91 bits per heavy atom. The summed E-state index contributed by atoms with van der Waals surface area (Å²) in [5.41, 5.74) is -5.90. The van der Waals surface area contributed by atoms with Crippen LogP contribution in [0.3, 0.4) is 0 Å². The van der Waals surface area contributed by atoms with Crippen LogP contribution in [-0.4, -0.2) is 63.8 Å². The number of hydrogen-bond donors (Lipinski definition) is 2. The highest BCUT2D eigenvalue weighted by atomic mass is 19.1. The lowest BCUT2D eigenvalue weighted by molar-refractivity contribution is -0.254. The molecular weight excluding hydrogens is 422 g/mol. The summed E-state index contributed by atoms with van der Waals surface area (Å²) in [5.74, 6) is -3.24. The molecule has 4 fully saturated rings. The molecule has 9 atom stereocenters. The number of ether oxygens (including phenoxy) is 2. The highest BCUT2D eigenvalue weighted by molar-refractivity contribution is 5.92. The van der Waals surface area contributed by atoms with Crippen LogP contribution < -0.4 is 0 Å². The van der Waals surface area contributed by atoms with Gasteiger partial charge in [-0.15, -0.1) is 0 Å². The van der Waals surface area contributed by atoms with Crippen LogP contribution in [0.4, 0.5) is 8.78 Å². The molecule has 4 aliphatic carbocycles. The van der Waals surface area contributed by atoms with Crippen molar-refractivity contribution in [3.8, 4) is 0 Å². The van der Waals surface area contributed by atoms with Gasteiger partial charge >= 0.3 is 0 Å². The summed E-state index contributed by atoms with van der Waals surface area (Å²) in [5, 5.41) is 21.2. The monoisotopic (exact) mass is 454 g/mol. The van der Waals surface area contributed by atoms with Crippen molar-refractivity contribution in [3.63, 3.8) is 0 Å². The summed E-state index contributed by atoms with van der Waals surface area (Å²) in [6.45, 7) is 6.01. The van der Waals surface area contributed by atoms with Gasteiger partial charge in [0, 0.05) is 23.2 Å². The van der Waals surface area contributed by atoms with Gasteiger partial charge in [0.1, 0.15) is 18.4 Å². The molecule has 0 amide bonds. The van der Waals surface area contributed by atoms with Crippen LogP contribution in [-0.2, 0) is 19.1 Å². The average Bonchev–Trinajstić information content (AvgIpc) is 3.11. The Morgan fingerprint density at radius 1 is 1.22 bits per heavy atom. The molecule has 32 heavy (non-hydrogen) atoms. The first kappa shape index (κ1) is 22.6. The highest BCUT2D eigenvalue weighted by Gasteiger charge is 2.80. The maximum absolute atomic E-state index is 17.2. The van der Waals surface area contributed by atoms with Crippen molar-refractivity contribution in [1.29, 1.82) is 0 Å². The Kier molecular flexibility index (Phi) is 4.56. The van der Waals surface area contributed by atoms with Gasteiger partial charge in [0.15, 0.2) is 23.0 Å². The quantitative estimate of drug-likeness (QED) is 0.666. The Morgan fingerprint density at radius 3 is 2.56 bits per heavy atom. The van der Waals surface area contributed by atoms with Crippen molar-refractivity contribution in [3.05, 3.63) is 11.6 Å². The summed E-state index contributed by atoms with van der Waals surface area (Å²) in [4.78, 5) is 25.2. The molecule has 0 aromatic heterocycles. The molecule has 1 saturated heterocycles. The van der Waals surface area contributed by atoms with Crippen LogP contribution in [0.25, 0.3) is 0 Å². The lowest BCUT2D eigenvalue weighted by atomic mass is 9.43. The number of aliphatic hydroxyl groups excluding tert-OH is 2. The van der Waals surface area contributed by atoms with Crippen LogP contribution >= 0.6 is 0 Å². The van der Waals surface area contributed by atoms with Gasteiger partial charge in [-0.2, -0.15) is 0 Å². The number of allylic oxidation sites excluding steroid dienone is 1. The maximum Gasteiger partial charge on any atom is 0.193 e. The van der Waals surface area contributed by atoms with Gasteiger partial charge < -0.3 is 19.7 Å². The van der Waals surface area contributed by atoms with Crippen LogP contribution in [0.2, 0.25) is 0 Å². The summed E-state index contributed by atoms with van der Waals surface area (Å²) in [6, 6.07) is 0. The van der Waals surface area contributed by atoms with Crippen molar-refractivity contribution in [2.45, 2.75) is 95.2 Å². The standard InChI is InChI=1S/C24H32F2O6/c1-20(2)31-19-9-13-14-8-16(25)15-7-12(28)5-6-21(15,3)23(14,26)17(29)10-22(13,4)24(19,32-20)18(30)11-27/h7,13-14,16-17,19,27,29H,5-6,8-11H2,1-4H3/t13?,14?,16-,17?,19+,21-,22-,23-,24+/m0/s1. The smallest absolute Gasteiger partial charge is 0.193 e.